The minimum atomic E-state index is -0.283. The molecule has 0 bridgehead atoms. The summed E-state index contributed by atoms with van der Waals surface area (Å²) in [7, 11) is 3.32. The van der Waals surface area contributed by atoms with Crippen LogP contribution in [0.3, 0.4) is 0 Å². The van der Waals surface area contributed by atoms with Crippen molar-refractivity contribution in [2.45, 2.75) is 32.9 Å². The van der Waals surface area contributed by atoms with Crippen LogP contribution in [-0.2, 0) is 9.53 Å². The maximum absolute atomic E-state index is 13.4. The van der Waals surface area contributed by atoms with E-state index >= 15 is 0 Å². The number of nitrogens with zero attached hydrogens (tertiary/aromatic N) is 2. The number of hydrogen-bond acceptors (Lipinski definition) is 5. The number of benzene rings is 2. The summed E-state index contributed by atoms with van der Waals surface area (Å²) in [6, 6.07) is 13.9. The Hall–Kier alpha value is -3.39. The molecule has 3 rings (SSSR count). The third-order valence-corrected chi connectivity index (χ3v) is 6.05. The number of methoxy groups -OCH3 is 1. The first-order valence-electron chi connectivity index (χ1n) is 11.4. The van der Waals surface area contributed by atoms with Gasteiger partial charge in [-0.3, -0.25) is 14.4 Å². The first-order chi connectivity index (χ1) is 16.2. The van der Waals surface area contributed by atoms with Gasteiger partial charge < -0.3 is 24.6 Å². The number of fused-ring (bicyclic) bond motifs is 1. The molecule has 8 nitrogen and oxygen atoms in total. The Morgan fingerprint density at radius 1 is 1.09 bits per heavy atom. The molecule has 0 saturated heterocycles. The second kappa shape index (κ2) is 11.2. The van der Waals surface area contributed by atoms with Gasteiger partial charge in [0.2, 0.25) is 5.91 Å². The fourth-order valence-electron chi connectivity index (χ4n) is 4.09. The topological polar surface area (TPSA) is 88.2 Å². The summed E-state index contributed by atoms with van der Waals surface area (Å²) >= 11 is 0. The van der Waals surface area contributed by atoms with Crippen LogP contribution in [0.1, 0.15) is 41.5 Å². The molecule has 2 aromatic rings. The minimum absolute atomic E-state index is 0.0417. The molecule has 0 radical (unpaired) electrons. The average Bonchev–Trinajstić information content (AvgIpc) is 2.83. The van der Waals surface area contributed by atoms with Gasteiger partial charge in [0.15, 0.2) is 0 Å². The second-order valence-electron chi connectivity index (χ2n) is 8.81. The van der Waals surface area contributed by atoms with Gasteiger partial charge in [-0.25, -0.2) is 0 Å². The highest BCUT2D eigenvalue weighted by atomic mass is 16.5. The highest BCUT2D eigenvalue weighted by Crippen LogP contribution is 2.27. The van der Waals surface area contributed by atoms with Crippen molar-refractivity contribution >= 4 is 23.4 Å². The zero-order valence-corrected chi connectivity index (χ0v) is 20.4. The summed E-state index contributed by atoms with van der Waals surface area (Å²) in [5.74, 6) is -0.192. The standard InChI is InChI=1S/C26H33N3O5/c1-17-14-29(25(31)20-9-7-6-8-10-20)18(2)16-34-23-12-11-21(27-19(3)30)13-22(23)26(32)28(4)15-24(17)33-5/h6-13,17-18,24H,14-16H2,1-5H3,(H,27,30)/t17-,18+,24-/m0/s1. The lowest BCUT2D eigenvalue weighted by Gasteiger charge is -2.36. The van der Waals surface area contributed by atoms with E-state index in [9.17, 15) is 14.4 Å². The molecular weight excluding hydrogens is 434 g/mol. The average molecular weight is 468 g/mol. The first-order valence-corrected chi connectivity index (χ1v) is 11.4. The number of nitrogens with one attached hydrogen (secondary N) is 1. The SMILES string of the molecule is CO[C@H]1CN(C)C(=O)c2cc(NC(C)=O)ccc2OC[C@@H](C)N(C(=O)c2ccccc2)C[C@@H]1C. The van der Waals surface area contributed by atoms with Gasteiger partial charge in [0.25, 0.3) is 11.8 Å². The normalized spacial score (nSPS) is 21.6. The fraction of sp³-hybridized carbons (Fsp3) is 0.423. The van der Waals surface area contributed by atoms with Crippen molar-refractivity contribution in [2.75, 3.05) is 39.2 Å². The van der Waals surface area contributed by atoms with E-state index in [0.717, 1.165) is 0 Å². The fourth-order valence-corrected chi connectivity index (χ4v) is 4.09. The van der Waals surface area contributed by atoms with E-state index in [2.05, 4.69) is 5.32 Å². The van der Waals surface area contributed by atoms with E-state index in [1.54, 1.807) is 54.3 Å². The maximum atomic E-state index is 13.4. The third kappa shape index (κ3) is 5.94. The summed E-state index contributed by atoms with van der Waals surface area (Å²) in [5.41, 5.74) is 1.45. The molecule has 0 aromatic heterocycles. The Balaban J connectivity index is 1.99. The number of amides is 3. The van der Waals surface area contributed by atoms with E-state index in [4.69, 9.17) is 9.47 Å². The van der Waals surface area contributed by atoms with E-state index in [1.165, 1.54) is 6.92 Å². The molecule has 2 aromatic carbocycles. The monoisotopic (exact) mass is 467 g/mol. The lowest BCUT2D eigenvalue weighted by Crippen LogP contribution is -2.48. The quantitative estimate of drug-likeness (QED) is 0.748. The molecule has 3 atom stereocenters. The van der Waals surface area contributed by atoms with Gasteiger partial charge in [-0.15, -0.1) is 0 Å². The highest BCUT2D eigenvalue weighted by Gasteiger charge is 2.30. The van der Waals surface area contributed by atoms with Crippen molar-refractivity contribution in [1.82, 2.24) is 9.80 Å². The van der Waals surface area contributed by atoms with Crippen molar-refractivity contribution in [3.63, 3.8) is 0 Å². The number of anilines is 1. The molecule has 0 saturated carbocycles. The second-order valence-corrected chi connectivity index (χ2v) is 8.81. The summed E-state index contributed by atoms with van der Waals surface area (Å²) in [6.07, 6.45) is -0.283. The molecule has 1 heterocycles. The van der Waals surface area contributed by atoms with E-state index < -0.39 is 0 Å². The van der Waals surface area contributed by atoms with Crippen LogP contribution in [0.15, 0.2) is 48.5 Å². The Kier molecular flexibility index (Phi) is 8.28. The Labute approximate surface area is 200 Å². The zero-order chi connectivity index (χ0) is 24.8. The molecule has 1 aliphatic heterocycles. The number of carbonyl (C=O) groups excluding carboxylic acids is 3. The van der Waals surface area contributed by atoms with Gasteiger partial charge >= 0.3 is 0 Å². The molecule has 3 amide bonds. The third-order valence-electron chi connectivity index (χ3n) is 6.05. The number of ether oxygens (including phenoxy) is 2. The number of carbonyl (C=O) groups is 3. The summed E-state index contributed by atoms with van der Waals surface area (Å²) in [4.78, 5) is 41.6. The van der Waals surface area contributed by atoms with Crippen LogP contribution in [0.4, 0.5) is 5.69 Å². The summed E-state index contributed by atoms with van der Waals surface area (Å²) in [5, 5.41) is 2.71. The molecule has 34 heavy (non-hydrogen) atoms. The van der Waals surface area contributed by atoms with E-state index in [0.29, 0.717) is 35.7 Å². The van der Waals surface area contributed by atoms with Crippen LogP contribution >= 0.6 is 0 Å². The van der Waals surface area contributed by atoms with Crippen molar-refractivity contribution in [3.05, 3.63) is 59.7 Å². The van der Waals surface area contributed by atoms with Crippen LogP contribution in [0.25, 0.3) is 0 Å². The molecule has 0 aliphatic carbocycles. The Bertz CT molecular complexity index is 1030. The molecule has 1 aliphatic rings. The van der Waals surface area contributed by atoms with Gasteiger partial charge in [-0.05, 0) is 37.3 Å². The van der Waals surface area contributed by atoms with Gasteiger partial charge in [-0.2, -0.15) is 0 Å². The van der Waals surface area contributed by atoms with Crippen LogP contribution in [0.2, 0.25) is 0 Å². The predicted molar refractivity (Wildman–Crippen MR) is 130 cm³/mol. The molecule has 0 fully saturated rings. The Morgan fingerprint density at radius 2 is 1.79 bits per heavy atom. The first kappa shape index (κ1) is 25.2. The molecule has 1 N–H and O–H groups in total. The van der Waals surface area contributed by atoms with Gasteiger partial charge in [0.1, 0.15) is 12.4 Å². The molecular formula is C26H33N3O5. The van der Waals surface area contributed by atoms with E-state index in [-0.39, 0.29) is 42.4 Å². The highest BCUT2D eigenvalue weighted by molar-refractivity contribution is 5.99. The van der Waals surface area contributed by atoms with Crippen molar-refractivity contribution < 1.29 is 23.9 Å². The minimum Gasteiger partial charge on any atom is -0.491 e. The summed E-state index contributed by atoms with van der Waals surface area (Å²) in [6.45, 7) is 6.34. The number of hydrogen-bond donors (Lipinski definition) is 1. The van der Waals surface area contributed by atoms with Crippen LogP contribution in [-0.4, -0.2) is 73.5 Å². The molecule has 8 heteroatoms. The van der Waals surface area contributed by atoms with Crippen LogP contribution in [0.5, 0.6) is 5.75 Å². The smallest absolute Gasteiger partial charge is 0.257 e. The van der Waals surface area contributed by atoms with Crippen LogP contribution < -0.4 is 10.1 Å². The molecule has 0 spiro atoms. The molecule has 0 unspecified atom stereocenters. The zero-order valence-electron chi connectivity index (χ0n) is 20.4. The van der Waals surface area contributed by atoms with Crippen LogP contribution in [0, 0.1) is 5.92 Å². The Morgan fingerprint density at radius 3 is 2.44 bits per heavy atom. The predicted octanol–water partition coefficient (Wildman–Crippen LogP) is 3.29. The lowest BCUT2D eigenvalue weighted by molar-refractivity contribution is -0.114. The number of likely N-dealkylation sites (N-methyl/N-ethyl adjacent to an activating group) is 1. The van der Waals surface area contributed by atoms with Gasteiger partial charge in [-0.1, -0.05) is 25.1 Å². The molecule has 182 valence electrons. The number of rotatable bonds is 3. The van der Waals surface area contributed by atoms with Gasteiger partial charge in [0, 0.05) is 51.3 Å². The van der Waals surface area contributed by atoms with Gasteiger partial charge in [0.05, 0.1) is 17.7 Å². The van der Waals surface area contributed by atoms with Crippen molar-refractivity contribution in [1.29, 1.82) is 0 Å². The van der Waals surface area contributed by atoms with E-state index in [1.807, 2.05) is 32.0 Å². The maximum Gasteiger partial charge on any atom is 0.257 e. The van der Waals surface area contributed by atoms with Crippen molar-refractivity contribution in [3.8, 4) is 5.75 Å². The van der Waals surface area contributed by atoms with Crippen molar-refractivity contribution in [2.24, 2.45) is 5.92 Å². The summed E-state index contributed by atoms with van der Waals surface area (Å²) < 4.78 is 11.8. The lowest BCUT2D eigenvalue weighted by atomic mass is 10.0. The largest absolute Gasteiger partial charge is 0.491 e.